The summed E-state index contributed by atoms with van der Waals surface area (Å²) >= 11 is 0. The lowest BCUT2D eigenvalue weighted by Crippen LogP contribution is -2.13. The molecule has 90 valence electrons. The lowest BCUT2D eigenvalue weighted by atomic mass is 10.1. The number of hydrogen-bond donors (Lipinski definition) is 2. The summed E-state index contributed by atoms with van der Waals surface area (Å²) < 4.78 is 39.9. The maximum atomic E-state index is 13.0. The minimum atomic E-state index is -1.53. The number of rotatable bonds is 1. The number of halogens is 3. The molecule has 0 aliphatic carbocycles. The first kappa shape index (κ1) is 11.3. The number of hydrogen-bond acceptors (Lipinski definition) is 3. The number of anilines is 1. The zero-order chi connectivity index (χ0) is 12.7. The van der Waals surface area contributed by atoms with Gasteiger partial charge in [0.25, 0.3) is 0 Å². The van der Waals surface area contributed by atoms with Crippen molar-refractivity contribution in [2.24, 2.45) is 0 Å². The smallest absolute Gasteiger partial charge is 0.194 e. The minimum absolute atomic E-state index is 0.0335. The van der Waals surface area contributed by atoms with Crippen LogP contribution in [-0.4, -0.2) is 9.66 Å². The van der Waals surface area contributed by atoms with Gasteiger partial charge in [0, 0.05) is 5.56 Å². The second-order valence-electron chi connectivity index (χ2n) is 3.52. The van der Waals surface area contributed by atoms with E-state index < -0.39 is 17.5 Å². The first-order valence-electron chi connectivity index (χ1n) is 4.66. The standard InChI is InChI=1S/C10H9F3N4/c1-4-16-9(10(14)17(4)15)5-2-6(11)8(13)7(12)3-5/h2-3H,14-15H2,1H3. The van der Waals surface area contributed by atoms with Crippen LogP contribution in [0.1, 0.15) is 5.82 Å². The Bertz CT molecular complexity index is 568. The van der Waals surface area contributed by atoms with E-state index in [2.05, 4.69) is 4.98 Å². The van der Waals surface area contributed by atoms with Crippen molar-refractivity contribution in [3.8, 4) is 11.3 Å². The molecule has 0 unspecified atom stereocenters. The van der Waals surface area contributed by atoms with Gasteiger partial charge < -0.3 is 11.6 Å². The van der Waals surface area contributed by atoms with E-state index >= 15 is 0 Å². The van der Waals surface area contributed by atoms with Crippen LogP contribution in [0.3, 0.4) is 0 Å². The summed E-state index contributed by atoms with van der Waals surface area (Å²) in [7, 11) is 0. The monoisotopic (exact) mass is 242 g/mol. The number of nitrogens with zero attached hydrogens (tertiary/aromatic N) is 2. The number of nitrogens with two attached hydrogens (primary N) is 2. The summed E-state index contributed by atoms with van der Waals surface area (Å²) in [6, 6.07) is 1.63. The van der Waals surface area contributed by atoms with Crippen molar-refractivity contribution in [1.82, 2.24) is 9.66 Å². The molecule has 0 saturated carbocycles. The van der Waals surface area contributed by atoms with Crippen LogP contribution in [0.5, 0.6) is 0 Å². The number of aryl methyl sites for hydroxylation is 1. The normalized spacial score (nSPS) is 10.8. The first-order chi connectivity index (χ1) is 7.91. The fourth-order valence-electron chi connectivity index (χ4n) is 1.47. The molecule has 4 N–H and O–H groups in total. The Kier molecular flexibility index (Phi) is 2.45. The average molecular weight is 242 g/mol. The first-order valence-corrected chi connectivity index (χ1v) is 4.66. The molecule has 1 aromatic heterocycles. The molecule has 7 heteroatoms. The Morgan fingerprint density at radius 1 is 1.18 bits per heavy atom. The van der Waals surface area contributed by atoms with Gasteiger partial charge in [-0.1, -0.05) is 0 Å². The molecule has 17 heavy (non-hydrogen) atoms. The highest BCUT2D eigenvalue weighted by Gasteiger charge is 2.17. The van der Waals surface area contributed by atoms with Gasteiger partial charge in [-0.05, 0) is 19.1 Å². The highest BCUT2D eigenvalue weighted by Crippen LogP contribution is 2.27. The lowest BCUT2D eigenvalue weighted by molar-refractivity contribution is 0.447. The Morgan fingerprint density at radius 3 is 2.12 bits per heavy atom. The molecule has 0 radical (unpaired) electrons. The van der Waals surface area contributed by atoms with Gasteiger partial charge in [0.15, 0.2) is 23.3 Å². The average Bonchev–Trinajstić information content (AvgIpc) is 2.53. The Morgan fingerprint density at radius 2 is 1.71 bits per heavy atom. The zero-order valence-electron chi connectivity index (χ0n) is 8.84. The molecule has 0 amide bonds. The molecular formula is C10H9F3N4. The van der Waals surface area contributed by atoms with Crippen molar-refractivity contribution in [2.75, 3.05) is 11.6 Å². The summed E-state index contributed by atoms with van der Waals surface area (Å²) in [6.07, 6.45) is 0. The van der Waals surface area contributed by atoms with Crippen LogP contribution in [-0.2, 0) is 0 Å². The van der Waals surface area contributed by atoms with Crippen molar-refractivity contribution >= 4 is 5.82 Å². The van der Waals surface area contributed by atoms with Gasteiger partial charge in [-0.2, -0.15) is 0 Å². The quantitative estimate of drug-likeness (QED) is 0.589. The van der Waals surface area contributed by atoms with Gasteiger partial charge in [-0.25, -0.2) is 22.8 Å². The third-order valence-electron chi connectivity index (χ3n) is 2.38. The SMILES string of the molecule is Cc1nc(-c2cc(F)c(F)c(F)c2)c(N)n1N. The summed E-state index contributed by atoms with van der Waals surface area (Å²) in [5.41, 5.74) is 5.76. The summed E-state index contributed by atoms with van der Waals surface area (Å²) in [4.78, 5) is 3.95. The maximum absolute atomic E-state index is 13.0. The van der Waals surface area contributed by atoms with Gasteiger partial charge in [0.05, 0.1) is 0 Å². The molecule has 4 nitrogen and oxygen atoms in total. The zero-order valence-corrected chi connectivity index (χ0v) is 8.84. The predicted octanol–water partition coefficient (Wildman–Crippen LogP) is 1.57. The van der Waals surface area contributed by atoms with E-state index in [1.807, 2.05) is 0 Å². The molecule has 0 saturated heterocycles. The van der Waals surface area contributed by atoms with Crippen LogP contribution in [0.25, 0.3) is 11.3 Å². The fourth-order valence-corrected chi connectivity index (χ4v) is 1.47. The molecule has 1 aromatic carbocycles. The van der Waals surface area contributed by atoms with Crippen molar-refractivity contribution in [3.63, 3.8) is 0 Å². The van der Waals surface area contributed by atoms with E-state index in [0.29, 0.717) is 5.82 Å². The summed E-state index contributed by atoms with van der Waals surface area (Å²) in [5, 5.41) is 0. The number of imidazole rings is 1. The van der Waals surface area contributed by atoms with Crippen molar-refractivity contribution < 1.29 is 13.2 Å². The van der Waals surface area contributed by atoms with Crippen LogP contribution in [0, 0.1) is 24.4 Å². The largest absolute Gasteiger partial charge is 0.382 e. The van der Waals surface area contributed by atoms with E-state index in [1.54, 1.807) is 6.92 Å². The highest BCUT2D eigenvalue weighted by atomic mass is 19.2. The molecule has 0 aliphatic heterocycles. The molecule has 1 heterocycles. The lowest BCUT2D eigenvalue weighted by Gasteiger charge is -2.02. The molecule has 2 rings (SSSR count). The second-order valence-corrected chi connectivity index (χ2v) is 3.52. The van der Waals surface area contributed by atoms with Crippen LogP contribution in [0.4, 0.5) is 19.0 Å². The fraction of sp³-hybridized carbons (Fsp3) is 0.100. The van der Waals surface area contributed by atoms with Crippen LogP contribution >= 0.6 is 0 Å². The van der Waals surface area contributed by atoms with Gasteiger partial charge in [0.2, 0.25) is 0 Å². The molecule has 0 spiro atoms. The van der Waals surface area contributed by atoms with E-state index in [-0.39, 0.29) is 17.1 Å². The van der Waals surface area contributed by atoms with Crippen LogP contribution < -0.4 is 11.6 Å². The van der Waals surface area contributed by atoms with Crippen LogP contribution in [0.15, 0.2) is 12.1 Å². The summed E-state index contributed by atoms with van der Waals surface area (Å²) in [5.74, 6) is 1.80. The van der Waals surface area contributed by atoms with Crippen molar-refractivity contribution in [2.45, 2.75) is 6.92 Å². The molecular weight excluding hydrogens is 233 g/mol. The Balaban J connectivity index is 2.65. The van der Waals surface area contributed by atoms with Crippen LogP contribution in [0.2, 0.25) is 0 Å². The van der Waals surface area contributed by atoms with Crippen molar-refractivity contribution in [1.29, 1.82) is 0 Å². The molecule has 0 fully saturated rings. The van der Waals surface area contributed by atoms with E-state index in [4.69, 9.17) is 11.6 Å². The Labute approximate surface area is 94.6 Å². The molecule has 0 aliphatic rings. The third-order valence-corrected chi connectivity index (χ3v) is 2.38. The van der Waals surface area contributed by atoms with E-state index in [9.17, 15) is 13.2 Å². The van der Waals surface area contributed by atoms with Gasteiger partial charge in [-0.15, -0.1) is 0 Å². The molecule has 0 bridgehead atoms. The summed E-state index contributed by atoms with van der Waals surface area (Å²) in [6.45, 7) is 1.58. The van der Waals surface area contributed by atoms with Crippen molar-refractivity contribution in [3.05, 3.63) is 35.4 Å². The number of nitrogen functional groups attached to an aromatic ring is 2. The van der Waals surface area contributed by atoms with Gasteiger partial charge in [-0.3, -0.25) is 0 Å². The number of aromatic nitrogens is 2. The van der Waals surface area contributed by atoms with Gasteiger partial charge >= 0.3 is 0 Å². The predicted molar refractivity (Wildman–Crippen MR) is 56.8 cm³/mol. The number of benzene rings is 1. The van der Waals surface area contributed by atoms with E-state index in [0.717, 1.165) is 16.8 Å². The minimum Gasteiger partial charge on any atom is -0.382 e. The van der Waals surface area contributed by atoms with Gasteiger partial charge in [0.1, 0.15) is 11.5 Å². The maximum Gasteiger partial charge on any atom is 0.194 e. The second kappa shape index (κ2) is 3.69. The van der Waals surface area contributed by atoms with E-state index in [1.165, 1.54) is 0 Å². The highest BCUT2D eigenvalue weighted by molar-refractivity contribution is 5.71. The third kappa shape index (κ3) is 1.69. The molecule has 0 atom stereocenters. The topological polar surface area (TPSA) is 69.9 Å². The Hall–Kier alpha value is -2.18. The molecule has 2 aromatic rings.